The highest BCUT2D eigenvalue weighted by atomic mass is 15.2. The zero-order valence-corrected chi connectivity index (χ0v) is 9.51. The number of nitrogens with zero attached hydrogens (tertiary/aromatic N) is 1. The van der Waals surface area contributed by atoms with E-state index in [9.17, 15) is 0 Å². The first kappa shape index (κ1) is 11.0. The fraction of sp³-hybridized carbons (Fsp3) is 1.00. The number of rotatable bonds is 2. The highest BCUT2D eigenvalue weighted by molar-refractivity contribution is 4.95. The van der Waals surface area contributed by atoms with Crippen LogP contribution in [0.4, 0.5) is 0 Å². The molecule has 3 unspecified atom stereocenters. The summed E-state index contributed by atoms with van der Waals surface area (Å²) in [6.07, 6.45) is 3.86. The van der Waals surface area contributed by atoms with Crippen molar-refractivity contribution in [3.8, 4) is 0 Å². The van der Waals surface area contributed by atoms with E-state index in [1.165, 1.54) is 19.3 Å². The minimum Gasteiger partial charge on any atom is -0.329 e. The van der Waals surface area contributed by atoms with E-state index in [0.717, 1.165) is 18.4 Å². The Morgan fingerprint density at radius 1 is 1.31 bits per heavy atom. The van der Waals surface area contributed by atoms with Gasteiger partial charge in [-0.15, -0.1) is 0 Å². The summed E-state index contributed by atoms with van der Waals surface area (Å²) < 4.78 is 0. The van der Waals surface area contributed by atoms with Crippen molar-refractivity contribution in [2.75, 3.05) is 20.6 Å². The predicted molar refractivity (Wildman–Crippen MR) is 57.7 cm³/mol. The molecule has 13 heavy (non-hydrogen) atoms. The Balaban J connectivity index is 2.69. The van der Waals surface area contributed by atoms with Gasteiger partial charge in [0.1, 0.15) is 0 Å². The minimum atomic E-state index is 0.284. The van der Waals surface area contributed by atoms with Gasteiger partial charge in [0.05, 0.1) is 0 Å². The van der Waals surface area contributed by atoms with Crippen molar-refractivity contribution in [3.63, 3.8) is 0 Å². The van der Waals surface area contributed by atoms with Gasteiger partial charge in [-0.3, -0.25) is 0 Å². The van der Waals surface area contributed by atoms with Gasteiger partial charge < -0.3 is 10.6 Å². The highest BCUT2D eigenvalue weighted by Crippen LogP contribution is 2.38. The van der Waals surface area contributed by atoms with E-state index in [1.807, 2.05) is 0 Å². The molecule has 2 nitrogen and oxygen atoms in total. The van der Waals surface area contributed by atoms with Crippen LogP contribution in [0.3, 0.4) is 0 Å². The van der Waals surface area contributed by atoms with Gasteiger partial charge in [0.25, 0.3) is 0 Å². The van der Waals surface area contributed by atoms with E-state index < -0.39 is 0 Å². The Kier molecular flexibility index (Phi) is 3.36. The van der Waals surface area contributed by atoms with E-state index in [2.05, 4.69) is 32.8 Å². The first-order valence-corrected chi connectivity index (χ1v) is 5.39. The van der Waals surface area contributed by atoms with E-state index >= 15 is 0 Å². The zero-order valence-electron chi connectivity index (χ0n) is 9.51. The number of hydrogen-bond donors (Lipinski definition) is 1. The van der Waals surface area contributed by atoms with Crippen LogP contribution in [0, 0.1) is 11.8 Å². The Hall–Kier alpha value is -0.0800. The third-order valence-corrected chi connectivity index (χ3v) is 4.07. The maximum atomic E-state index is 5.91. The maximum Gasteiger partial charge on any atom is 0.0328 e. The lowest BCUT2D eigenvalue weighted by Crippen LogP contribution is -2.54. The van der Waals surface area contributed by atoms with Gasteiger partial charge in [-0.1, -0.05) is 13.8 Å². The second-order valence-electron chi connectivity index (χ2n) is 5.02. The summed E-state index contributed by atoms with van der Waals surface area (Å²) in [6, 6.07) is 0. The van der Waals surface area contributed by atoms with E-state index in [4.69, 9.17) is 5.73 Å². The molecule has 1 aliphatic rings. The molecule has 0 heterocycles. The first-order valence-electron chi connectivity index (χ1n) is 5.39. The van der Waals surface area contributed by atoms with Crippen LogP contribution in [0.15, 0.2) is 0 Å². The molecule has 78 valence electrons. The molecule has 0 aromatic heterocycles. The molecule has 2 heteroatoms. The molecule has 1 fully saturated rings. The van der Waals surface area contributed by atoms with Crippen LogP contribution in [0.5, 0.6) is 0 Å². The van der Waals surface area contributed by atoms with Crippen molar-refractivity contribution in [2.45, 2.75) is 38.6 Å². The average molecular weight is 184 g/mol. The third-order valence-electron chi connectivity index (χ3n) is 4.07. The summed E-state index contributed by atoms with van der Waals surface area (Å²) in [6.45, 7) is 5.52. The molecule has 0 amide bonds. The number of nitrogens with two attached hydrogens (primary N) is 1. The molecule has 0 saturated heterocycles. The van der Waals surface area contributed by atoms with Crippen LogP contribution in [0.25, 0.3) is 0 Å². The summed E-state index contributed by atoms with van der Waals surface area (Å²) in [5, 5.41) is 0. The van der Waals surface area contributed by atoms with Gasteiger partial charge in [0.15, 0.2) is 0 Å². The largest absolute Gasteiger partial charge is 0.329 e. The van der Waals surface area contributed by atoms with E-state index in [-0.39, 0.29) is 5.54 Å². The van der Waals surface area contributed by atoms with Crippen molar-refractivity contribution in [2.24, 2.45) is 17.6 Å². The minimum absolute atomic E-state index is 0.284. The molecule has 0 aromatic rings. The van der Waals surface area contributed by atoms with E-state index in [0.29, 0.717) is 0 Å². The second-order valence-corrected chi connectivity index (χ2v) is 5.02. The van der Waals surface area contributed by atoms with Gasteiger partial charge >= 0.3 is 0 Å². The molecule has 0 radical (unpaired) electrons. The molecule has 1 saturated carbocycles. The van der Waals surface area contributed by atoms with Crippen LogP contribution >= 0.6 is 0 Å². The molecular formula is C11H24N2. The fourth-order valence-electron chi connectivity index (χ4n) is 2.46. The molecule has 0 aliphatic heterocycles. The molecule has 3 atom stereocenters. The molecular weight excluding hydrogens is 160 g/mol. The first-order chi connectivity index (χ1) is 6.02. The normalized spacial score (nSPS) is 41.1. The van der Waals surface area contributed by atoms with Gasteiger partial charge in [-0.25, -0.2) is 0 Å². The van der Waals surface area contributed by atoms with Gasteiger partial charge in [0, 0.05) is 12.1 Å². The SMILES string of the molecule is CC1CCC(CN)(N(C)C)CC1C. The van der Waals surface area contributed by atoms with Crippen molar-refractivity contribution < 1.29 is 0 Å². The lowest BCUT2D eigenvalue weighted by atomic mass is 9.70. The lowest BCUT2D eigenvalue weighted by Gasteiger charge is -2.46. The summed E-state index contributed by atoms with van der Waals surface area (Å²) in [5.41, 5.74) is 6.19. The van der Waals surface area contributed by atoms with Gasteiger partial charge in [-0.2, -0.15) is 0 Å². The van der Waals surface area contributed by atoms with E-state index in [1.54, 1.807) is 0 Å². The number of hydrogen-bond acceptors (Lipinski definition) is 2. The topological polar surface area (TPSA) is 29.3 Å². The van der Waals surface area contributed by atoms with Gasteiger partial charge in [-0.05, 0) is 45.2 Å². The van der Waals surface area contributed by atoms with Crippen LogP contribution in [0.1, 0.15) is 33.1 Å². The molecule has 2 N–H and O–H groups in total. The summed E-state index contributed by atoms with van der Waals surface area (Å²) >= 11 is 0. The second kappa shape index (κ2) is 3.97. The van der Waals surface area contributed by atoms with Crippen LogP contribution < -0.4 is 5.73 Å². The third kappa shape index (κ3) is 2.05. The van der Waals surface area contributed by atoms with Crippen LogP contribution in [-0.2, 0) is 0 Å². The van der Waals surface area contributed by atoms with Crippen molar-refractivity contribution in [1.29, 1.82) is 0 Å². The van der Waals surface area contributed by atoms with Crippen molar-refractivity contribution >= 4 is 0 Å². The average Bonchev–Trinajstić information content (AvgIpc) is 2.09. The van der Waals surface area contributed by atoms with Crippen LogP contribution in [-0.4, -0.2) is 31.1 Å². The monoisotopic (exact) mass is 184 g/mol. The summed E-state index contributed by atoms with van der Waals surface area (Å²) in [4.78, 5) is 2.33. The molecule has 0 aromatic carbocycles. The Morgan fingerprint density at radius 3 is 2.31 bits per heavy atom. The Morgan fingerprint density at radius 2 is 1.92 bits per heavy atom. The highest BCUT2D eigenvalue weighted by Gasteiger charge is 2.38. The summed E-state index contributed by atoms with van der Waals surface area (Å²) in [7, 11) is 4.32. The Labute approximate surface area is 82.5 Å². The summed E-state index contributed by atoms with van der Waals surface area (Å²) in [5.74, 6) is 1.69. The van der Waals surface area contributed by atoms with Crippen molar-refractivity contribution in [1.82, 2.24) is 4.90 Å². The molecule has 1 aliphatic carbocycles. The molecule has 0 spiro atoms. The fourth-order valence-corrected chi connectivity index (χ4v) is 2.46. The number of likely N-dealkylation sites (N-methyl/N-ethyl adjacent to an activating group) is 1. The molecule has 0 bridgehead atoms. The van der Waals surface area contributed by atoms with Gasteiger partial charge in [0.2, 0.25) is 0 Å². The predicted octanol–water partition coefficient (Wildman–Crippen LogP) is 1.70. The standard InChI is InChI=1S/C11H24N2/c1-9-5-6-11(8-12,13(3)4)7-10(9)2/h9-10H,5-8,12H2,1-4H3. The zero-order chi connectivity index (χ0) is 10.1. The smallest absolute Gasteiger partial charge is 0.0328 e. The Bertz CT molecular complexity index is 167. The maximum absolute atomic E-state index is 5.91. The quantitative estimate of drug-likeness (QED) is 0.708. The van der Waals surface area contributed by atoms with Crippen molar-refractivity contribution in [3.05, 3.63) is 0 Å². The lowest BCUT2D eigenvalue weighted by molar-refractivity contribution is 0.0590. The molecule has 1 rings (SSSR count). The van der Waals surface area contributed by atoms with Crippen LogP contribution in [0.2, 0.25) is 0 Å².